The summed E-state index contributed by atoms with van der Waals surface area (Å²) < 4.78 is 0. The fourth-order valence-electron chi connectivity index (χ4n) is 3.11. The Morgan fingerprint density at radius 3 is 2.87 bits per heavy atom. The van der Waals surface area contributed by atoms with Gasteiger partial charge in [-0.05, 0) is 44.0 Å². The number of aromatic nitrogens is 1. The molecule has 2 N–H and O–H groups in total. The second-order valence-electron chi connectivity index (χ2n) is 6.02. The smallest absolute Gasteiger partial charge is 0.260 e. The first-order valence-corrected chi connectivity index (χ1v) is 7.89. The number of amides is 1. The molecule has 0 saturated carbocycles. The predicted octanol–water partition coefficient (Wildman–Crippen LogP) is 1.86. The molecule has 1 aromatic carbocycles. The van der Waals surface area contributed by atoms with Gasteiger partial charge in [-0.25, -0.2) is 0 Å². The maximum Gasteiger partial charge on any atom is 0.260 e. The number of hydrogen-bond donors (Lipinski definition) is 2. The normalized spacial score (nSPS) is 16.3. The number of carbonyl (C=O) groups is 1. The number of rotatable bonds is 4. The zero-order chi connectivity index (χ0) is 16.4. The predicted molar refractivity (Wildman–Crippen MR) is 91.1 cm³/mol. The number of anilines is 1. The lowest BCUT2D eigenvalue weighted by Crippen LogP contribution is -2.39. The van der Waals surface area contributed by atoms with E-state index in [1.54, 1.807) is 19.1 Å². The van der Waals surface area contributed by atoms with E-state index in [0.29, 0.717) is 12.6 Å². The van der Waals surface area contributed by atoms with Gasteiger partial charge in [-0.1, -0.05) is 18.2 Å². The molecule has 5 nitrogen and oxygen atoms in total. The molecule has 3 rings (SSSR count). The Morgan fingerprint density at radius 1 is 1.30 bits per heavy atom. The highest BCUT2D eigenvalue weighted by Gasteiger charge is 2.25. The van der Waals surface area contributed by atoms with Crippen LogP contribution in [-0.2, 0) is 6.42 Å². The summed E-state index contributed by atoms with van der Waals surface area (Å²) in [5.41, 5.74) is 3.14. The molecule has 120 valence electrons. The molecule has 1 aliphatic rings. The van der Waals surface area contributed by atoms with Crippen LogP contribution in [0.5, 0.6) is 0 Å². The van der Waals surface area contributed by atoms with E-state index in [9.17, 15) is 9.59 Å². The van der Waals surface area contributed by atoms with Crippen LogP contribution in [0, 0.1) is 6.92 Å². The van der Waals surface area contributed by atoms with Crippen molar-refractivity contribution in [2.45, 2.75) is 26.3 Å². The summed E-state index contributed by atoms with van der Waals surface area (Å²) in [5.74, 6) is -0.327. The van der Waals surface area contributed by atoms with Crippen LogP contribution in [0.1, 0.15) is 28.5 Å². The number of para-hydroxylation sites is 1. The first-order valence-electron chi connectivity index (χ1n) is 7.89. The van der Waals surface area contributed by atoms with E-state index >= 15 is 0 Å². The molecule has 0 saturated heterocycles. The lowest BCUT2D eigenvalue weighted by atomic mass is 10.1. The quantitative estimate of drug-likeness (QED) is 0.906. The molecule has 2 aromatic rings. The van der Waals surface area contributed by atoms with Gasteiger partial charge in [0, 0.05) is 30.5 Å². The van der Waals surface area contributed by atoms with Crippen LogP contribution < -0.4 is 15.8 Å². The summed E-state index contributed by atoms with van der Waals surface area (Å²) in [6.45, 7) is 5.21. The van der Waals surface area contributed by atoms with Crippen LogP contribution in [0.4, 0.5) is 5.69 Å². The van der Waals surface area contributed by atoms with E-state index in [-0.39, 0.29) is 17.0 Å². The molecule has 1 amide bonds. The van der Waals surface area contributed by atoms with Crippen molar-refractivity contribution in [2.75, 3.05) is 18.0 Å². The van der Waals surface area contributed by atoms with Gasteiger partial charge < -0.3 is 15.2 Å². The summed E-state index contributed by atoms with van der Waals surface area (Å²) in [6, 6.07) is 12.1. The lowest BCUT2D eigenvalue weighted by Gasteiger charge is -2.25. The number of hydrogen-bond acceptors (Lipinski definition) is 3. The molecule has 0 unspecified atom stereocenters. The van der Waals surface area contributed by atoms with E-state index in [4.69, 9.17) is 0 Å². The number of carbonyl (C=O) groups excluding carboxylic acids is 1. The zero-order valence-corrected chi connectivity index (χ0v) is 13.4. The van der Waals surface area contributed by atoms with Crippen molar-refractivity contribution in [3.63, 3.8) is 0 Å². The standard InChI is InChI=1S/C18H21N3O2/c1-12-7-8-15(18(23)20-12)17(22)19-9-10-21-13(2)11-14-5-3-4-6-16(14)21/h3-8,13H,9-11H2,1-2H3,(H,19,22)(H,20,23)/t13-/m0/s1. The first-order chi connectivity index (χ1) is 11.1. The van der Waals surface area contributed by atoms with Crippen molar-refractivity contribution in [2.24, 2.45) is 0 Å². The highest BCUT2D eigenvalue weighted by Crippen LogP contribution is 2.31. The number of H-pyrrole nitrogens is 1. The van der Waals surface area contributed by atoms with Crippen molar-refractivity contribution >= 4 is 11.6 Å². The topological polar surface area (TPSA) is 65.2 Å². The van der Waals surface area contributed by atoms with Crippen LogP contribution in [-0.4, -0.2) is 30.0 Å². The van der Waals surface area contributed by atoms with Crippen LogP contribution in [0.25, 0.3) is 0 Å². The Kier molecular flexibility index (Phi) is 4.19. The zero-order valence-electron chi connectivity index (χ0n) is 13.4. The molecule has 0 aliphatic carbocycles. The minimum Gasteiger partial charge on any atom is -0.367 e. The second kappa shape index (κ2) is 6.28. The SMILES string of the molecule is Cc1ccc(C(=O)NCCN2c3ccccc3C[C@@H]2C)c(=O)[nH]1. The van der Waals surface area contributed by atoms with E-state index in [1.165, 1.54) is 11.3 Å². The van der Waals surface area contributed by atoms with Crippen molar-refractivity contribution in [3.8, 4) is 0 Å². The Hall–Kier alpha value is -2.56. The minimum atomic E-state index is -0.345. The summed E-state index contributed by atoms with van der Waals surface area (Å²) in [6.07, 6.45) is 1.03. The van der Waals surface area contributed by atoms with Gasteiger partial charge in [-0.2, -0.15) is 0 Å². The van der Waals surface area contributed by atoms with Gasteiger partial charge in [0.05, 0.1) is 0 Å². The van der Waals surface area contributed by atoms with Crippen LogP contribution in [0.2, 0.25) is 0 Å². The molecule has 1 atom stereocenters. The monoisotopic (exact) mass is 311 g/mol. The maximum absolute atomic E-state index is 12.1. The highest BCUT2D eigenvalue weighted by atomic mass is 16.2. The van der Waals surface area contributed by atoms with Crippen LogP contribution in [0.3, 0.4) is 0 Å². The Morgan fingerprint density at radius 2 is 2.09 bits per heavy atom. The number of fused-ring (bicyclic) bond motifs is 1. The van der Waals surface area contributed by atoms with Crippen molar-refractivity contribution < 1.29 is 4.79 Å². The number of nitrogens with one attached hydrogen (secondary N) is 2. The molecule has 0 spiro atoms. The lowest BCUT2D eigenvalue weighted by molar-refractivity contribution is 0.0953. The highest BCUT2D eigenvalue weighted by molar-refractivity contribution is 5.93. The fraction of sp³-hybridized carbons (Fsp3) is 0.333. The Bertz CT molecular complexity index is 782. The molecule has 23 heavy (non-hydrogen) atoms. The second-order valence-corrected chi connectivity index (χ2v) is 6.02. The van der Waals surface area contributed by atoms with Gasteiger partial charge in [0.1, 0.15) is 5.56 Å². The molecule has 1 aromatic heterocycles. The molecular weight excluding hydrogens is 290 g/mol. The third-order valence-corrected chi connectivity index (χ3v) is 4.29. The molecular formula is C18H21N3O2. The molecule has 5 heteroatoms. The fourth-order valence-corrected chi connectivity index (χ4v) is 3.11. The maximum atomic E-state index is 12.1. The third kappa shape index (κ3) is 3.13. The molecule has 1 aliphatic heterocycles. The summed E-state index contributed by atoms with van der Waals surface area (Å²) in [7, 11) is 0. The third-order valence-electron chi connectivity index (χ3n) is 4.29. The average molecular weight is 311 g/mol. The van der Waals surface area contributed by atoms with Crippen LogP contribution >= 0.6 is 0 Å². The van der Waals surface area contributed by atoms with Gasteiger partial charge in [0.2, 0.25) is 0 Å². The summed E-state index contributed by atoms with van der Waals surface area (Å²) in [4.78, 5) is 28.9. The van der Waals surface area contributed by atoms with E-state index in [2.05, 4.69) is 40.3 Å². The van der Waals surface area contributed by atoms with Crippen molar-refractivity contribution in [1.29, 1.82) is 0 Å². The van der Waals surface area contributed by atoms with Crippen molar-refractivity contribution in [1.82, 2.24) is 10.3 Å². The van der Waals surface area contributed by atoms with Gasteiger partial charge in [0.15, 0.2) is 0 Å². The summed E-state index contributed by atoms with van der Waals surface area (Å²) >= 11 is 0. The number of aromatic amines is 1. The van der Waals surface area contributed by atoms with Crippen LogP contribution in [0.15, 0.2) is 41.2 Å². The van der Waals surface area contributed by atoms with E-state index in [1.807, 2.05) is 6.07 Å². The summed E-state index contributed by atoms with van der Waals surface area (Å²) in [5, 5.41) is 2.84. The van der Waals surface area contributed by atoms with E-state index < -0.39 is 0 Å². The average Bonchev–Trinajstić information content (AvgIpc) is 2.83. The first kappa shape index (κ1) is 15.3. The number of benzene rings is 1. The minimum absolute atomic E-state index is 0.158. The van der Waals surface area contributed by atoms with Gasteiger partial charge in [-0.3, -0.25) is 9.59 Å². The largest absolute Gasteiger partial charge is 0.367 e. The van der Waals surface area contributed by atoms with Crippen molar-refractivity contribution in [3.05, 3.63) is 63.6 Å². The van der Waals surface area contributed by atoms with Gasteiger partial charge >= 0.3 is 0 Å². The number of nitrogens with zero attached hydrogens (tertiary/aromatic N) is 1. The van der Waals surface area contributed by atoms with E-state index in [0.717, 1.165) is 18.7 Å². The van der Waals surface area contributed by atoms with Gasteiger partial charge in [0.25, 0.3) is 11.5 Å². The van der Waals surface area contributed by atoms with Gasteiger partial charge in [-0.15, -0.1) is 0 Å². The Balaban J connectivity index is 1.61. The Labute approximate surface area is 135 Å². The molecule has 0 fully saturated rings. The molecule has 0 bridgehead atoms. The number of pyridine rings is 1. The molecule has 0 radical (unpaired) electrons. The number of aryl methyl sites for hydroxylation is 1. The molecule has 2 heterocycles.